The number of urea groups is 1. The Morgan fingerprint density at radius 2 is 2.13 bits per heavy atom. The standard InChI is InChI=1S/C12H22N2O/c1-3-13-12(15)14-9(2)8-10-6-4-5-7-11(10)14/h9-11H,3-8H2,1-2H3,(H,13,15)/t9-,10-,11+/m1/s1. The lowest BCUT2D eigenvalue weighted by Gasteiger charge is -2.33. The van der Waals surface area contributed by atoms with E-state index in [2.05, 4.69) is 17.1 Å². The van der Waals surface area contributed by atoms with Gasteiger partial charge in [-0.1, -0.05) is 12.8 Å². The van der Waals surface area contributed by atoms with E-state index in [-0.39, 0.29) is 6.03 Å². The SMILES string of the molecule is CCNC(=O)N1[C@H](C)C[C@H]2CCCC[C@@H]21. The molecule has 3 atom stereocenters. The van der Waals surface area contributed by atoms with Gasteiger partial charge in [-0.3, -0.25) is 0 Å². The lowest BCUT2D eigenvalue weighted by molar-refractivity contribution is 0.156. The number of hydrogen-bond acceptors (Lipinski definition) is 1. The monoisotopic (exact) mass is 210 g/mol. The molecule has 1 saturated carbocycles. The third-order valence-corrected chi connectivity index (χ3v) is 3.91. The summed E-state index contributed by atoms with van der Waals surface area (Å²) in [5.41, 5.74) is 0. The van der Waals surface area contributed by atoms with Crippen molar-refractivity contribution in [2.75, 3.05) is 6.54 Å². The summed E-state index contributed by atoms with van der Waals surface area (Å²) < 4.78 is 0. The van der Waals surface area contributed by atoms with Gasteiger partial charge in [0, 0.05) is 18.6 Å². The third-order valence-electron chi connectivity index (χ3n) is 3.91. The largest absolute Gasteiger partial charge is 0.338 e. The molecule has 1 aliphatic heterocycles. The molecule has 0 bridgehead atoms. The van der Waals surface area contributed by atoms with E-state index in [9.17, 15) is 4.79 Å². The average Bonchev–Trinajstić information content (AvgIpc) is 2.54. The zero-order chi connectivity index (χ0) is 10.8. The van der Waals surface area contributed by atoms with Crippen molar-refractivity contribution in [2.24, 2.45) is 5.92 Å². The van der Waals surface area contributed by atoms with Gasteiger partial charge in [0.15, 0.2) is 0 Å². The van der Waals surface area contributed by atoms with Crippen LogP contribution in [-0.2, 0) is 0 Å². The Morgan fingerprint density at radius 1 is 1.40 bits per heavy atom. The Hall–Kier alpha value is -0.730. The van der Waals surface area contributed by atoms with Crippen LogP contribution in [0.3, 0.4) is 0 Å². The fourth-order valence-electron chi connectivity index (χ4n) is 3.30. The molecule has 2 aliphatic rings. The highest BCUT2D eigenvalue weighted by Crippen LogP contribution is 2.39. The van der Waals surface area contributed by atoms with Crippen LogP contribution in [0, 0.1) is 5.92 Å². The van der Waals surface area contributed by atoms with Gasteiger partial charge < -0.3 is 10.2 Å². The molecule has 86 valence electrons. The molecule has 0 unspecified atom stereocenters. The number of fused-ring (bicyclic) bond motifs is 1. The lowest BCUT2D eigenvalue weighted by Crippen LogP contribution is -2.47. The summed E-state index contributed by atoms with van der Waals surface area (Å²) in [4.78, 5) is 14.0. The van der Waals surface area contributed by atoms with Crippen LogP contribution in [0.15, 0.2) is 0 Å². The maximum atomic E-state index is 11.9. The van der Waals surface area contributed by atoms with Crippen molar-refractivity contribution < 1.29 is 4.79 Å². The van der Waals surface area contributed by atoms with Crippen LogP contribution in [0.4, 0.5) is 4.79 Å². The molecule has 2 rings (SSSR count). The first-order valence-electron chi connectivity index (χ1n) is 6.30. The molecule has 1 saturated heterocycles. The first kappa shape index (κ1) is 10.8. The van der Waals surface area contributed by atoms with Crippen molar-refractivity contribution in [3.63, 3.8) is 0 Å². The molecule has 0 aromatic rings. The highest BCUT2D eigenvalue weighted by atomic mass is 16.2. The fourth-order valence-corrected chi connectivity index (χ4v) is 3.30. The van der Waals surface area contributed by atoms with Crippen molar-refractivity contribution in [3.8, 4) is 0 Å². The van der Waals surface area contributed by atoms with Crippen molar-refractivity contribution in [1.82, 2.24) is 10.2 Å². The van der Waals surface area contributed by atoms with E-state index in [1.54, 1.807) is 0 Å². The van der Waals surface area contributed by atoms with Crippen molar-refractivity contribution in [2.45, 2.75) is 58.0 Å². The Morgan fingerprint density at radius 3 is 2.87 bits per heavy atom. The van der Waals surface area contributed by atoms with Gasteiger partial charge >= 0.3 is 6.03 Å². The molecule has 3 nitrogen and oxygen atoms in total. The summed E-state index contributed by atoms with van der Waals surface area (Å²) in [6.45, 7) is 4.91. The Kier molecular flexibility index (Phi) is 3.17. The van der Waals surface area contributed by atoms with Gasteiger partial charge in [-0.05, 0) is 39.0 Å². The first-order valence-corrected chi connectivity index (χ1v) is 6.30. The highest BCUT2D eigenvalue weighted by molar-refractivity contribution is 5.75. The maximum absolute atomic E-state index is 11.9. The first-order chi connectivity index (χ1) is 7.24. The molecule has 2 fully saturated rings. The second-order valence-corrected chi connectivity index (χ2v) is 4.94. The summed E-state index contributed by atoms with van der Waals surface area (Å²) in [6, 6.07) is 1.12. The number of hydrogen-bond donors (Lipinski definition) is 1. The van der Waals surface area contributed by atoms with Gasteiger partial charge in [-0.15, -0.1) is 0 Å². The smallest absolute Gasteiger partial charge is 0.317 e. The predicted octanol–water partition coefficient (Wildman–Crippen LogP) is 2.37. The van der Waals surface area contributed by atoms with Crippen molar-refractivity contribution >= 4 is 6.03 Å². The van der Waals surface area contributed by atoms with Gasteiger partial charge in [0.05, 0.1) is 0 Å². The van der Waals surface area contributed by atoms with Crippen molar-refractivity contribution in [1.29, 1.82) is 0 Å². The van der Waals surface area contributed by atoms with E-state index < -0.39 is 0 Å². The van der Waals surface area contributed by atoms with Gasteiger partial charge in [-0.2, -0.15) is 0 Å². The van der Waals surface area contributed by atoms with E-state index in [4.69, 9.17) is 0 Å². The lowest BCUT2D eigenvalue weighted by atomic mass is 9.85. The summed E-state index contributed by atoms with van der Waals surface area (Å²) in [5.74, 6) is 0.774. The normalized spacial score (nSPS) is 35.1. The van der Waals surface area contributed by atoms with E-state index >= 15 is 0 Å². The van der Waals surface area contributed by atoms with Gasteiger partial charge in [0.2, 0.25) is 0 Å². The van der Waals surface area contributed by atoms with Crippen LogP contribution < -0.4 is 5.32 Å². The summed E-state index contributed by atoms with van der Waals surface area (Å²) in [7, 11) is 0. The second kappa shape index (κ2) is 4.42. The van der Waals surface area contributed by atoms with E-state index in [1.165, 1.54) is 32.1 Å². The minimum absolute atomic E-state index is 0.152. The molecular weight excluding hydrogens is 188 g/mol. The molecule has 15 heavy (non-hydrogen) atoms. The van der Waals surface area contributed by atoms with E-state index in [0.29, 0.717) is 12.1 Å². The van der Waals surface area contributed by atoms with E-state index in [1.807, 2.05) is 6.92 Å². The molecule has 0 spiro atoms. The molecule has 1 aliphatic carbocycles. The molecule has 3 heteroatoms. The number of nitrogens with one attached hydrogen (secondary N) is 1. The van der Waals surface area contributed by atoms with Gasteiger partial charge in [-0.25, -0.2) is 4.79 Å². The summed E-state index contributed by atoms with van der Waals surface area (Å²) in [6.07, 6.45) is 6.40. The maximum Gasteiger partial charge on any atom is 0.317 e. The molecule has 0 aromatic carbocycles. The molecular formula is C12H22N2O. The Balaban J connectivity index is 2.05. The Bertz CT molecular complexity index is 242. The topological polar surface area (TPSA) is 32.3 Å². The fraction of sp³-hybridized carbons (Fsp3) is 0.917. The predicted molar refractivity (Wildman–Crippen MR) is 60.7 cm³/mol. The molecule has 1 heterocycles. The van der Waals surface area contributed by atoms with Crippen LogP contribution in [0.1, 0.15) is 46.0 Å². The number of nitrogens with zero attached hydrogens (tertiary/aromatic N) is 1. The molecule has 0 radical (unpaired) electrons. The summed E-state index contributed by atoms with van der Waals surface area (Å²) >= 11 is 0. The number of rotatable bonds is 1. The molecule has 1 N–H and O–H groups in total. The van der Waals surface area contributed by atoms with Crippen LogP contribution in [0.25, 0.3) is 0 Å². The number of amides is 2. The average molecular weight is 210 g/mol. The van der Waals surface area contributed by atoms with Gasteiger partial charge in [0.25, 0.3) is 0 Å². The molecule has 0 aromatic heterocycles. The number of carbonyl (C=O) groups is 1. The van der Waals surface area contributed by atoms with Crippen LogP contribution in [0.2, 0.25) is 0 Å². The van der Waals surface area contributed by atoms with Crippen molar-refractivity contribution in [3.05, 3.63) is 0 Å². The van der Waals surface area contributed by atoms with Crippen LogP contribution in [0.5, 0.6) is 0 Å². The van der Waals surface area contributed by atoms with E-state index in [0.717, 1.165) is 12.5 Å². The second-order valence-electron chi connectivity index (χ2n) is 4.94. The van der Waals surface area contributed by atoms with Crippen LogP contribution >= 0.6 is 0 Å². The zero-order valence-electron chi connectivity index (χ0n) is 9.83. The minimum Gasteiger partial charge on any atom is -0.338 e. The highest BCUT2D eigenvalue weighted by Gasteiger charge is 2.42. The van der Waals surface area contributed by atoms with Gasteiger partial charge in [0.1, 0.15) is 0 Å². The zero-order valence-corrected chi connectivity index (χ0v) is 9.83. The quantitative estimate of drug-likeness (QED) is 0.708. The van der Waals surface area contributed by atoms with Crippen LogP contribution in [-0.4, -0.2) is 29.6 Å². The Labute approximate surface area is 92.2 Å². The number of likely N-dealkylation sites (tertiary alicyclic amines) is 1. The minimum atomic E-state index is 0.152. The third kappa shape index (κ3) is 1.97. The number of carbonyl (C=O) groups excluding carboxylic acids is 1. The summed E-state index contributed by atoms with van der Waals surface area (Å²) in [5, 5.41) is 2.94. The molecule has 2 amide bonds.